The van der Waals surface area contributed by atoms with E-state index in [1.165, 1.54) is 11.3 Å². The number of thiazole rings is 1. The van der Waals surface area contributed by atoms with Gasteiger partial charge in [0.25, 0.3) is 0 Å². The fraction of sp³-hybridized carbons (Fsp3) is 0.286. The fourth-order valence-corrected chi connectivity index (χ4v) is 2.65. The minimum Gasteiger partial charge on any atom is -0.459 e. The van der Waals surface area contributed by atoms with Crippen molar-refractivity contribution in [1.82, 2.24) is 4.98 Å². The molecule has 0 aliphatic rings. The fourth-order valence-electron chi connectivity index (χ4n) is 1.69. The van der Waals surface area contributed by atoms with Gasteiger partial charge < -0.3 is 9.84 Å². The van der Waals surface area contributed by atoms with E-state index in [1.54, 1.807) is 6.92 Å². The summed E-state index contributed by atoms with van der Waals surface area (Å²) >= 11 is 1.31. The Bertz CT molecular complexity index is 592. The van der Waals surface area contributed by atoms with Crippen LogP contribution in [0.2, 0.25) is 0 Å². The van der Waals surface area contributed by atoms with Crippen molar-refractivity contribution in [3.8, 4) is 10.6 Å². The smallest absolute Gasteiger partial charge is 0.350 e. The second-order valence-corrected chi connectivity index (χ2v) is 5.16. The van der Waals surface area contributed by atoms with E-state index in [1.807, 2.05) is 31.2 Å². The Labute approximate surface area is 115 Å². The predicted molar refractivity (Wildman–Crippen MR) is 74.4 cm³/mol. The van der Waals surface area contributed by atoms with Crippen LogP contribution in [0.15, 0.2) is 24.3 Å². The van der Waals surface area contributed by atoms with E-state index >= 15 is 0 Å². The van der Waals surface area contributed by atoms with Gasteiger partial charge in [-0.05, 0) is 19.9 Å². The molecule has 1 aromatic carbocycles. The average Bonchev–Trinajstić information content (AvgIpc) is 2.78. The lowest BCUT2D eigenvalue weighted by Crippen LogP contribution is -2.08. The van der Waals surface area contributed by atoms with E-state index < -0.39 is 5.97 Å². The van der Waals surface area contributed by atoms with Gasteiger partial charge in [0.05, 0.1) is 12.3 Å². The lowest BCUT2D eigenvalue weighted by atomic mass is 10.1. The third-order valence-electron chi connectivity index (χ3n) is 2.57. The number of benzene rings is 1. The van der Waals surface area contributed by atoms with E-state index in [9.17, 15) is 4.79 Å². The maximum atomic E-state index is 11.8. The van der Waals surface area contributed by atoms with E-state index in [0.29, 0.717) is 10.6 Å². The Balaban J connectivity index is 2.28. The number of aryl methyl sites for hydroxylation is 2. The minimum atomic E-state index is -0.428. The molecule has 0 bridgehead atoms. The van der Waals surface area contributed by atoms with Gasteiger partial charge >= 0.3 is 5.97 Å². The van der Waals surface area contributed by atoms with Gasteiger partial charge in [0.1, 0.15) is 16.5 Å². The molecule has 1 aromatic heterocycles. The van der Waals surface area contributed by atoms with Gasteiger partial charge in [-0.25, -0.2) is 9.78 Å². The molecule has 2 aromatic rings. The summed E-state index contributed by atoms with van der Waals surface area (Å²) in [5.41, 5.74) is 2.80. The normalized spacial score (nSPS) is 10.5. The molecule has 19 heavy (non-hydrogen) atoms. The van der Waals surface area contributed by atoms with Gasteiger partial charge in [-0.3, -0.25) is 0 Å². The number of carbonyl (C=O) groups excluding carboxylic acids is 1. The number of carbonyl (C=O) groups is 1. The number of aliphatic hydroxyl groups is 1. The summed E-state index contributed by atoms with van der Waals surface area (Å²) < 4.78 is 4.91. The van der Waals surface area contributed by atoms with Crippen molar-refractivity contribution < 1.29 is 14.6 Å². The van der Waals surface area contributed by atoms with Crippen molar-refractivity contribution in [2.75, 3.05) is 13.2 Å². The molecule has 2 rings (SSSR count). The summed E-state index contributed by atoms with van der Waals surface area (Å²) in [6.45, 7) is 3.63. The number of hydrogen-bond acceptors (Lipinski definition) is 5. The SMILES string of the molecule is Cc1cccc(-c2nc(C)c(C(=O)OCCO)s2)c1. The van der Waals surface area contributed by atoms with Crippen molar-refractivity contribution in [1.29, 1.82) is 0 Å². The molecule has 0 unspecified atom stereocenters. The van der Waals surface area contributed by atoms with Crippen LogP contribution in [0.1, 0.15) is 20.9 Å². The first-order chi connectivity index (χ1) is 9.11. The molecular weight excluding hydrogens is 262 g/mol. The molecule has 0 aliphatic heterocycles. The lowest BCUT2D eigenvalue weighted by Gasteiger charge is -1.99. The first kappa shape index (κ1) is 13.7. The summed E-state index contributed by atoms with van der Waals surface area (Å²) in [5.74, 6) is -0.428. The third-order valence-corrected chi connectivity index (χ3v) is 3.76. The zero-order chi connectivity index (χ0) is 13.8. The van der Waals surface area contributed by atoms with Crippen LogP contribution in [-0.2, 0) is 4.74 Å². The van der Waals surface area contributed by atoms with Crippen LogP contribution < -0.4 is 0 Å². The number of ether oxygens (including phenoxy) is 1. The summed E-state index contributed by atoms with van der Waals surface area (Å²) in [4.78, 5) is 16.7. The Hall–Kier alpha value is -1.72. The molecule has 100 valence electrons. The highest BCUT2D eigenvalue weighted by molar-refractivity contribution is 7.17. The third kappa shape index (κ3) is 3.19. The van der Waals surface area contributed by atoms with Crippen LogP contribution >= 0.6 is 11.3 Å². The van der Waals surface area contributed by atoms with Crippen molar-refractivity contribution in [3.05, 3.63) is 40.4 Å². The summed E-state index contributed by atoms with van der Waals surface area (Å²) in [5, 5.41) is 9.46. The van der Waals surface area contributed by atoms with Crippen LogP contribution in [-0.4, -0.2) is 29.3 Å². The zero-order valence-electron chi connectivity index (χ0n) is 10.8. The second-order valence-electron chi connectivity index (χ2n) is 4.16. The highest BCUT2D eigenvalue weighted by Crippen LogP contribution is 2.28. The first-order valence-corrected chi connectivity index (χ1v) is 6.76. The predicted octanol–water partition coefficient (Wildman–Crippen LogP) is 2.58. The molecule has 1 heterocycles. The van der Waals surface area contributed by atoms with E-state index in [0.717, 1.165) is 16.1 Å². The van der Waals surface area contributed by atoms with Crippen molar-refractivity contribution in [2.45, 2.75) is 13.8 Å². The molecule has 0 spiro atoms. The standard InChI is InChI=1S/C14H15NO3S/c1-9-4-3-5-11(8-9)13-15-10(2)12(19-13)14(17)18-7-6-16/h3-5,8,16H,6-7H2,1-2H3. The number of hydrogen-bond donors (Lipinski definition) is 1. The largest absolute Gasteiger partial charge is 0.459 e. The quantitative estimate of drug-likeness (QED) is 0.873. The molecular formula is C14H15NO3S. The van der Waals surface area contributed by atoms with E-state index in [-0.39, 0.29) is 13.2 Å². The molecule has 0 radical (unpaired) electrons. The van der Waals surface area contributed by atoms with Crippen molar-refractivity contribution in [3.63, 3.8) is 0 Å². The zero-order valence-corrected chi connectivity index (χ0v) is 11.7. The van der Waals surface area contributed by atoms with Gasteiger partial charge in [-0.2, -0.15) is 0 Å². The first-order valence-electron chi connectivity index (χ1n) is 5.94. The Morgan fingerprint density at radius 1 is 1.42 bits per heavy atom. The topological polar surface area (TPSA) is 59.4 Å². The monoisotopic (exact) mass is 277 g/mol. The highest BCUT2D eigenvalue weighted by atomic mass is 32.1. The Morgan fingerprint density at radius 2 is 2.21 bits per heavy atom. The number of aliphatic hydroxyl groups excluding tert-OH is 1. The van der Waals surface area contributed by atoms with Crippen LogP contribution in [0, 0.1) is 13.8 Å². The van der Waals surface area contributed by atoms with Crippen LogP contribution in [0.5, 0.6) is 0 Å². The number of nitrogens with zero attached hydrogens (tertiary/aromatic N) is 1. The number of aromatic nitrogens is 1. The molecule has 4 nitrogen and oxygen atoms in total. The summed E-state index contributed by atoms with van der Waals surface area (Å²) in [6, 6.07) is 7.97. The summed E-state index contributed by atoms with van der Waals surface area (Å²) in [6.07, 6.45) is 0. The van der Waals surface area contributed by atoms with Gasteiger partial charge in [0.2, 0.25) is 0 Å². The van der Waals surface area contributed by atoms with Crippen LogP contribution in [0.25, 0.3) is 10.6 Å². The highest BCUT2D eigenvalue weighted by Gasteiger charge is 2.17. The Kier molecular flexibility index (Phi) is 4.29. The second kappa shape index (κ2) is 5.95. The maximum Gasteiger partial charge on any atom is 0.350 e. The molecule has 1 N–H and O–H groups in total. The molecule has 0 saturated heterocycles. The molecule has 5 heteroatoms. The molecule has 0 amide bonds. The molecule has 0 atom stereocenters. The Morgan fingerprint density at radius 3 is 2.89 bits per heavy atom. The van der Waals surface area contributed by atoms with Gasteiger partial charge in [-0.15, -0.1) is 11.3 Å². The van der Waals surface area contributed by atoms with Crippen molar-refractivity contribution >= 4 is 17.3 Å². The maximum absolute atomic E-state index is 11.8. The average molecular weight is 277 g/mol. The van der Waals surface area contributed by atoms with E-state index in [4.69, 9.17) is 9.84 Å². The molecule has 0 saturated carbocycles. The van der Waals surface area contributed by atoms with Gasteiger partial charge in [0, 0.05) is 5.56 Å². The van der Waals surface area contributed by atoms with E-state index in [2.05, 4.69) is 4.98 Å². The van der Waals surface area contributed by atoms with Crippen LogP contribution in [0.3, 0.4) is 0 Å². The van der Waals surface area contributed by atoms with Gasteiger partial charge in [-0.1, -0.05) is 23.8 Å². The van der Waals surface area contributed by atoms with Gasteiger partial charge in [0.15, 0.2) is 0 Å². The minimum absolute atomic E-state index is 0.00987. The molecule has 0 fully saturated rings. The van der Waals surface area contributed by atoms with Crippen LogP contribution in [0.4, 0.5) is 0 Å². The lowest BCUT2D eigenvalue weighted by molar-refractivity contribution is 0.0438. The van der Waals surface area contributed by atoms with Crippen molar-refractivity contribution in [2.24, 2.45) is 0 Å². The molecule has 0 aliphatic carbocycles. The number of rotatable bonds is 4. The number of esters is 1. The summed E-state index contributed by atoms with van der Waals surface area (Å²) in [7, 11) is 0.